The summed E-state index contributed by atoms with van der Waals surface area (Å²) >= 11 is 5.81. The van der Waals surface area contributed by atoms with Gasteiger partial charge in [-0.3, -0.25) is 4.79 Å². The molecule has 0 saturated carbocycles. The van der Waals surface area contributed by atoms with Crippen molar-refractivity contribution in [3.05, 3.63) is 64.7 Å². The van der Waals surface area contributed by atoms with Gasteiger partial charge in [0.1, 0.15) is 5.75 Å². The van der Waals surface area contributed by atoms with Crippen molar-refractivity contribution in [3.8, 4) is 5.75 Å². The summed E-state index contributed by atoms with van der Waals surface area (Å²) in [6.07, 6.45) is 0.0842. The molecule has 0 bridgehead atoms. The Bertz CT molecular complexity index is 574. The fourth-order valence-corrected chi connectivity index (χ4v) is 1.88. The number of rotatable bonds is 4. The van der Waals surface area contributed by atoms with Gasteiger partial charge in [0.05, 0.1) is 6.10 Å². The van der Waals surface area contributed by atoms with Gasteiger partial charge < -0.3 is 4.74 Å². The number of halogens is 1. The lowest BCUT2D eigenvalue weighted by Crippen LogP contribution is -2.07. The third kappa shape index (κ3) is 3.58. The van der Waals surface area contributed by atoms with E-state index in [-0.39, 0.29) is 11.9 Å². The van der Waals surface area contributed by atoms with Crippen molar-refractivity contribution in [3.63, 3.8) is 0 Å². The van der Waals surface area contributed by atoms with Crippen LogP contribution in [0, 0.1) is 0 Å². The summed E-state index contributed by atoms with van der Waals surface area (Å²) in [5.74, 6) is 0.667. The highest BCUT2D eigenvalue weighted by atomic mass is 35.5. The second-order valence-electron chi connectivity index (χ2n) is 4.53. The summed E-state index contributed by atoms with van der Waals surface area (Å²) in [7, 11) is 0. The SMILES string of the molecule is CC(C)Oc1cccc(C(=O)c2ccc(Cl)cc2)c1. The number of carbonyl (C=O) groups excluding carboxylic acids is 1. The third-order valence-corrected chi connectivity index (χ3v) is 2.83. The van der Waals surface area contributed by atoms with E-state index >= 15 is 0 Å². The van der Waals surface area contributed by atoms with Crippen molar-refractivity contribution < 1.29 is 9.53 Å². The van der Waals surface area contributed by atoms with E-state index in [4.69, 9.17) is 16.3 Å². The van der Waals surface area contributed by atoms with Crippen LogP contribution in [0.25, 0.3) is 0 Å². The van der Waals surface area contributed by atoms with Crippen LogP contribution >= 0.6 is 11.6 Å². The maximum Gasteiger partial charge on any atom is 0.193 e. The molecule has 0 atom stereocenters. The molecule has 0 unspecified atom stereocenters. The average molecular weight is 275 g/mol. The molecule has 19 heavy (non-hydrogen) atoms. The van der Waals surface area contributed by atoms with Crippen LogP contribution in [0.2, 0.25) is 5.02 Å². The first-order valence-electron chi connectivity index (χ1n) is 6.13. The number of hydrogen-bond donors (Lipinski definition) is 0. The van der Waals surface area contributed by atoms with E-state index in [2.05, 4.69) is 0 Å². The van der Waals surface area contributed by atoms with Gasteiger partial charge in [0.25, 0.3) is 0 Å². The Morgan fingerprint density at radius 1 is 1.05 bits per heavy atom. The van der Waals surface area contributed by atoms with Crippen molar-refractivity contribution in [2.75, 3.05) is 0 Å². The lowest BCUT2D eigenvalue weighted by atomic mass is 10.0. The van der Waals surface area contributed by atoms with Crippen molar-refractivity contribution in [1.82, 2.24) is 0 Å². The van der Waals surface area contributed by atoms with Crippen molar-refractivity contribution >= 4 is 17.4 Å². The molecule has 3 heteroatoms. The highest BCUT2D eigenvalue weighted by molar-refractivity contribution is 6.30. The van der Waals surface area contributed by atoms with Gasteiger partial charge in [-0.2, -0.15) is 0 Å². The molecule has 0 saturated heterocycles. The maximum atomic E-state index is 12.3. The standard InChI is InChI=1S/C16H15ClO2/c1-11(2)19-15-5-3-4-13(10-15)16(18)12-6-8-14(17)9-7-12/h3-11H,1-2H3. The molecule has 0 amide bonds. The predicted octanol–water partition coefficient (Wildman–Crippen LogP) is 4.36. The van der Waals surface area contributed by atoms with Gasteiger partial charge in [0.2, 0.25) is 0 Å². The molecule has 98 valence electrons. The average Bonchev–Trinajstić information content (AvgIpc) is 2.38. The van der Waals surface area contributed by atoms with Gasteiger partial charge >= 0.3 is 0 Å². The quantitative estimate of drug-likeness (QED) is 0.775. The van der Waals surface area contributed by atoms with E-state index in [1.807, 2.05) is 26.0 Å². The van der Waals surface area contributed by atoms with Crippen LogP contribution in [-0.2, 0) is 0 Å². The lowest BCUT2D eigenvalue weighted by molar-refractivity contribution is 0.103. The van der Waals surface area contributed by atoms with Crippen LogP contribution in [-0.4, -0.2) is 11.9 Å². The molecule has 0 aromatic heterocycles. The number of ether oxygens (including phenoxy) is 1. The van der Waals surface area contributed by atoms with Gasteiger partial charge in [0.15, 0.2) is 5.78 Å². The van der Waals surface area contributed by atoms with Crippen LogP contribution in [0.5, 0.6) is 5.75 Å². The largest absolute Gasteiger partial charge is 0.491 e. The molecule has 0 heterocycles. The fourth-order valence-electron chi connectivity index (χ4n) is 1.75. The minimum atomic E-state index is -0.0362. The van der Waals surface area contributed by atoms with E-state index in [0.29, 0.717) is 21.9 Å². The first-order valence-corrected chi connectivity index (χ1v) is 6.51. The van der Waals surface area contributed by atoms with Crippen LogP contribution in [0.4, 0.5) is 0 Å². The van der Waals surface area contributed by atoms with Crippen molar-refractivity contribution in [2.45, 2.75) is 20.0 Å². The highest BCUT2D eigenvalue weighted by Crippen LogP contribution is 2.19. The van der Waals surface area contributed by atoms with E-state index in [1.54, 1.807) is 36.4 Å². The Kier molecular flexibility index (Phi) is 4.23. The molecule has 2 nitrogen and oxygen atoms in total. The van der Waals surface area contributed by atoms with Crippen LogP contribution in [0.1, 0.15) is 29.8 Å². The normalized spacial score (nSPS) is 10.5. The third-order valence-electron chi connectivity index (χ3n) is 2.57. The highest BCUT2D eigenvalue weighted by Gasteiger charge is 2.10. The van der Waals surface area contributed by atoms with Gasteiger partial charge in [-0.15, -0.1) is 0 Å². The smallest absolute Gasteiger partial charge is 0.193 e. The maximum absolute atomic E-state index is 12.3. The molecule has 2 rings (SSSR count). The molecule has 2 aromatic rings. The minimum Gasteiger partial charge on any atom is -0.491 e. The summed E-state index contributed by atoms with van der Waals surface area (Å²) in [6.45, 7) is 3.90. The van der Waals surface area contributed by atoms with Crippen LogP contribution < -0.4 is 4.74 Å². The zero-order valence-corrected chi connectivity index (χ0v) is 11.6. The molecule has 0 radical (unpaired) electrons. The van der Waals surface area contributed by atoms with Crippen molar-refractivity contribution in [2.24, 2.45) is 0 Å². The molecule has 2 aromatic carbocycles. The van der Waals surface area contributed by atoms with E-state index < -0.39 is 0 Å². The number of hydrogen-bond acceptors (Lipinski definition) is 2. The zero-order chi connectivity index (χ0) is 13.8. The number of benzene rings is 2. The molecule has 0 fully saturated rings. The number of carbonyl (C=O) groups is 1. The van der Waals surface area contributed by atoms with Gasteiger partial charge in [0, 0.05) is 16.1 Å². The summed E-state index contributed by atoms with van der Waals surface area (Å²) in [5.41, 5.74) is 1.23. The Balaban J connectivity index is 2.26. The first-order chi connectivity index (χ1) is 9.06. The Hall–Kier alpha value is -1.80. The Morgan fingerprint density at radius 2 is 1.74 bits per heavy atom. The van der Waals surface area contributed by atoms with E-state index in [1.165, 1.54) is 0 Å². The first kappa shape index (κ1) is 13.6. The molecule has 0 spiro atoms. The Labute approximate surface area is 118 Å². The number of ketones is 1. The van der Waals surface area contributed by atoms with Crippen molar-refractivity contribution in [1.29, 1.82) is 0 Å². The predicted molar refractivity (Wildman–Crippen MR) is 77.1 cm³/mol. The second kappa shape index (κ2) is 5.89. The molecular formula is C16H15ClO2. The van der Waals surface area contributed by atoms with E-state index in [0.717, 1.165) is 0 Å². The summed E-state index contributed by atoms with van der Waals surface area (Å²) in [6, 6.07) is 14.1. The van der Waals surface area contributed by atoms with Crippen LogP contribution in [0.15, 0.2) is 48.5 Å². The molecule has 0 N–H and O–H groups in total. The topological polar surface area (TPSA) is 26.3 Å². The summed E-state index contributed by atoms with van der Waals surface area (Å²) in [5, 5.41) is 0.619. The van der Waals surface area contributed by atoms with Gasteiger partial charge in [-0.25, -0.2) is 0 Å². The second-order valence-corrected chi connectivity index (χ2v) is 4.97. The molecule has 0 aliphatic heterocycles. The molecule has 0 aliphatic rings. The zero-order valence-electron chi connectivity index (χ0n) is 10.9. The Morgan fingerprint density at radius 3 is 2.37 bits per heavy atom. The molecule has 0 aliphatic carbocycles. The summed E-state index contributed by atoms with van der Waals surface area (Å²) < 4.78 is 5.59. The van der Waals surface area contributed by atoms with Gasteiger partial charge in [-0.05, 0) is 50.2 Å². The monoisotopic (exact) mass is 274 g/mol. The lowest BCUT2D eigenvalue weighted by Gasteiger charge is -2.10. The molecular weight excluding hydrogens is 260 g/mol. The van der Waals surface area contributed by atoms with Crippen LogP contribution in [0.3, 0.4) is 0 Å². The van der Waals surface area contributed by atoms with E-state index in [9.17, 15) is 4.79 Å². The summed E-state index contributed by atoms with van der Waals surface area (Å²) in [4.78, 5) is 12.3. The fraction of sp³-hybridized carbons (Fsp3) is 0.188. The minimum absolute atomic E-state index is 0.0362. The van der Waals surface area contributed by atoms with Gasteiger partial charge in [-0.1, -0.05) is 23.7 Å².